The van der Waals surface area contributed by atoms with E-state index in [-0.39, 0.29) is 5.91 Å². The SMILES string of the molecule is CCCCCNC(=O)c1sc(CN)nc1C. The van der Waals surface area contributed by atoms with Gasteiger partial charge in [0.1, 0.15) is 9.88 Å². The maximum atomic E-state index is 11.8. The highest BCUT2D eigenvalue weighted by atomic mass is 32.1. The van der Waals surface area contributed by atoms with Gasteiger partial charge in [-0.15, -0.1) is 11.3 Å². The Morgan fingerprint density at radius 3 is 2.81 bits per heavy atom. The Bertz CT molecular complexity index is 349. The van der Waals surface area contributed by atoms with E-state index in [1.54, 1.807) is 0 Å². The molecule has 5 heteroatoms. The third-order valence-corrected chi connectivity index (χ3v) is 3.47. The van der Waals surface area contributed by atoms with E-state index in [2.05, 4.69) is 17.2 Å². The molecule has 0 radical (unpaired) electrons. The number of nitrogens with zero attached hydrogens (tertiary/aromatic N) is 1. The number of carbonyl (C=O) groups excluding carboxylic acids is 1. The zero-order valence-corrected chi connectivity index (χ0v) is 10.7. The first-order chi connectivity index (χ1) is 7.69. The highest BCUT2D eigenvalue weighted by Gasteiger charge is 2.13. The molecule has 1 aromatic rings. The summed E-state index contributed by atoms with van der Waals surface area (Å²) in [5.74, 6) is -0.0224. The number of nitrogens with two attached hydrogens (primary N) is 1. The highest BCUT2D eigenvalue weighted by Crippen LogP contribution is 2.17. The number of thiazole rings is 1. The fraction of sp³-hybridized carbons (Fsp3) is 0.636. The number of hydrogen-bond acceptors (Lipinski definition) is 4. The molecule has 0 atom stereocenters. The summed E-state index contributed by atoms with van der Waals surface area (Å²) in [7, 11) is 0. The van der Waals surface area contributed by atoms with Gasteiger partial charge in [-0.3, -0.25) is 4.79 Å². The van der Waals surface area contributed by atoms with Crippen LogP contribution in [0.15, 0.2) is 0 Å². The summed E-state index contributed by atoms with van der Waals surface area (Å²) in [4.78, 5) is 16.7. The van der Waals surface area contributed by atoms with Gasteiger partial charge in [-0.2, -0.15) is 0 Å². The monoisotopic (exact) mass is 241 g/mol. The van der Waals surface area contributed by atoms with Crippen molar-refractivity contribution in [1.29, 1.82) is 0 Å². The first-order valence-corrected chi connectivity index (χ1v) is 6.45. The molecule has 0 aliphatic rings. The largest absolute Gasteiger partial charge is 0.351 e. The van der Waals surface area contributed by atoms with Gasteiger partial charge in [-0.1, -0.05) is 19.8 Å². The number of aryl methyl sites for hydroxylation is 1. The zero-order chi connectivity index (χ0) is 12.0. The van der Waals surface area contributed by atoms with Crippen LogP contribution in [0.5, 0.6) is 0 Å². The smallest absolute Gasteiger partial charge is 0.263 e. The number of hydrogen-bond donors (Lipinski definition) is 2. The van der Waals surface area contributed by atoms with Crippen LogP contribution in [0, 0.1) is 6.92 Å². The van der Waals surface area contributed by atoms with Gasteiger partial charge >= 0.3 is 0 Å². The second-order valence-corrected chi connectivity index (χ2v) is 4.77. The van der Waals surface area contributed by atoms with E-state index in [9.17, 15) is 4.79 Å². The minimum atomic E-state index is -0.0224. The lowest BCUT2D eigenvalue weighted by molar-refractivity contribution is 0.0956. The van der Waals surface area contributed by atoms with Crippen molar-refractivity contribution < 1.29 is 4.79 Å². The third kappa shape index (κ3) is 3.57. The second kappa shape index (κ2) is 6.60. The van der Waals surface area contributed by atoms with Gasteiger partial charge in [0, 0.05) is 13.1 Å². The predicted molar refractivity (Wildman–Crippen MR) is 66.6 cm³/mol. The maximum Gasteiger partial charge on any atom is 0.263 e. The van der Waals surface area contributed by atoms with Crippen LogP contribution in [0.2, 0.25) is 0 Å². The van der Waals surface area contributed by atoms with E-state index in [1.807, 2.05) is 6.92 Å². The molecule has 1 rings (SSSR count). The van der Waals surface area contributed by atoms with Gasteiger partial charge in [-0.25, -0.2) is 4.98 Å². The number of nitrogens with one attached hydrogen (secondary N) is 1. The highest BCUT2D eigenvalue weighted by molar-refractivity contribution is 7.13. The molecule has 0 saturated carbocycles. The Morgan fingerprint density at radius 2 is 2.25 bits per heavy atom. The van der Waals surface area contributed by atoms with E-state index in [1.165, 1.54) is 11.3 Å². The molecule has 0 spiro atoms. The van der Waals surface area contributed by atoms with Gasteiger partial charge < -0.3 is 11.1 Å². The number of aromatic nitrogens is 1. The molecule has 1 amide bonds. The van der Waals surface area contributed by atoms with Crippen LogP contribution in [0.1, 0.15) is 46.6 Å². The van der Waals surface area contributed by atoms with Crippen molar-refractivity contribution in [2.45, 2.75) is 39.7 Å². The van der Waals surface area contributed by atoms with Crippen molar-refractivity contribution in [3.8, 4) is 0 Å². The van der Waals surface area contributed by atoms with E-state index < -0.39 is 0 Å². The number of carbonyl (C=O) groups is 1. The van der Waals surface area contributed by atoms with Crippen LogP contribution in [0.25, 0.3) is 0 Å². The predicted octanol–water partition coefficient (Wildman–Crippen LogP) is 1.83. The van der Waals surface area contributed by atoms with Crippen molar-refractivity contribution >= 4 is 17.2 Å². The third-order valence-electron chi connectivity index (χ3n) is 2.29. The minimum absolute atomic E-state index is 0.0224. The molecule has 4 nitrogen and oxygen atoms in total. The average Bonchev–Trinajstić information content (AvgIpc) is 2.66. The van der Waals surface area contributed by atoms with Crippen molar-refractivity contribution in [2.75, 3.05) is 6.54 Å². The van der Waals surface area contributed by atoms with Crippen molar-refractivity contribution in [3.63, 3.8) is 0 Å². The zero-order valence-electron chi connectivity index (χ0n) is 9.88. The van der Waals surface area contributed by atoms with Crippen LogP contribution in [0.3, 0.4) is 0 Å². The molecule has 1 aromatic heterocycles. The summed E-state index contributed by atoms with van der Waals surface area (Å²) in [5.41, 5.74) is 6.26. The first-order valence-electron chi connectivity index (χ1n) is 5.63. The molecule has 3 N–H and O–H groups in total. The number of unbranched alkanes of at least 4 members (excludes halogenated alkanes) is 2. The lowest BCUT2D eigenvalue weighted by Gasteiger charge is -2.02. The molecule has 16 heavy (non-hydrogen) atoms. The fourth-order valence-electron chi connectivity index (χ4n) is 1.41. The van der Waals surface area contributed by atoms with Crippen LogP contribution in [0.4, 0.5) is 0 Å². The molecule has 0 aliphatic carbocycles. The summed E-state index contributed by atoms with van der Waals surface area (Å²) in [5, 5.41) is 3.72. The van der Waals surface area contributed by atoms with Gasteiger partial charge in [0.05, 0.1) is 5.69 Å². The molecule has 90 valence electrons. The van der Waals surface area contributed by atoms with E-state index in [0.29, 0.717) is 11.4 Å². The number of amides is 1. The fourth-order valence-corrected chi connectivity index (χ4v) is 2.27. The summed E-state index contributed by atoms with van der Waals surface area (Å²) < 4.78 is 0. The standard InChI is InChI=1S/C11H19N3OS/c1-3-4-5-6-13-11(15)10-8(2)14-9(7-12)16-10/h3-7,12H2,1-2H3,(H,13,15). The molecule has 0 aromatic carbocycles. The first kappa shape index (κ1) is 13.1. The quantitative estimate of drug-likeness (QED) is 0.747. The number of rotatable bonds is 6. The molecule has 0 unspecified atom stereocenters. The summed E-state index contributed by atoms with van der Waals surface area (Å²) in [6.45, 7) is 5.12. The summed E-state index contributed by atoms with van der Waals surface area (Å²) in [6.07, 6.45) is 3.34. The Morgan fingerprint density at radius 1 is 1.50 bits per heavy atom. The molecule has 0 bridgehead atoms. The van der Waals surface area contributed by atoms with Crippen molar-refractivity contribution in [3.05, 3.63) is 15.6 Å². The van der Waals surface area contributed by atoms with Crippen molar-refractivity contribution in [2.24, 2.45) is 5.73 Å². The van der Waals surface area contributed by atoms with Gasteiger partial charge in [0.2, 0.25) is 0 Å². The van der Waals surface area contributed by atoms with E-state index in [4.69, 9.17) is 5.73 Å². The molecular formula is C11H19N3OS. The molecular weight excluding hydrogens is 222 g/mol. The maximum absolute atomic E-state index is 11.8. The Kier molecular flexibility index (Phi) is 5.42. The summed E-state index contributed by atoms with van der Waals surface area (Å²) in [6, 6.07) is 0. The van der Waals surface area contributed by atoms with Gasteiger partial charge in [-0.05, 0) is 13.3 Å². The minimum Gasteiger partial charge on any atom is -0.351 e. The normalized spacial score (nSPS) is 10.4. The van der Waals surface area contributed by atoms with Crippen LogP contribution >= 0.6 is 11.3 Å². The molecule has 0 aliphatic heterocycles. The molecule has 0 fully saturated rings. The van der Waals surface area contributed by atoms with E-state index >= 15 is 0 Å². The van der Waals surface area contributed by atoms with Gasteiger partial charge in [0.25, 0.3) is 5.91 Å². The van der Waals surface area contributed by atoms with E-state index in [0.717, 1.165) is 36.5 Å². The van der Waals surface area contributed by atoms with Crippen LogP contribution in [-0.2, 0) is 6.54 Å². The van der Waals surface area contributed by atoms with Gasteiger partial charge in [0.15, 0.2) is 0 Å². The molecule has 1 heterocycles. The van der Waals surface area contributed by atoms with Crippen molar-refractivity contribution in [1.82, 2.24) is 10.3 Å². The lowest BCUT2D eigenvalue weighted by atomic mass is 10.2. The van der Waals surface area contributed by atoms with Crippen LogP contribution in [-0.4, -0.2) is 17.4 Å². The second-order valence-electron chi connectivity index (χ2n) is 3.69. The Balaban J connectivity index is 2.49. The summed E-state index contributed by atoms with van der Waals surface area (Å²) >= 11 is 1.38. The molecule has 0 saturated heterocycles. The Labute approximate surface area is 100 Å². The lowest BCUT2D eigenvalue weighted by Crippen LogP contribution is -2.24. The Hall–Kier alpha value is -0.940. The van der Waals surface area contributed by atoms with Crippen LogP contribution < -0.4 is 11.1 Å². The topological polar surface area (TPSA) is 68.0 Å². The average molecular weight is 241 g/mol.